The highest BCUT2D eigenvalue weighted by atomic mass is 19.2. The summed E-state index contributed by atoms with van der Waals surface area (Å²) >= 11 is 0. The van der Waals surface area contributed by atoms with E-state index >= 15 is 0 Å². The summed E-state index contributed by atoms with van der Waals surface area (Å²) in [6, 6.07) is 7.91. The molecule has 0 aromatic heterocycles. The van der Waals surface area contributed by atoms with E-state index in [2.05, 4.69) is 10.6 Å². The fourth-order valence-corrected chi connectivity index (χ4v) is 2.39. The molecule has 2 rings (SSSR count). The van der Waals surface area contributed by atoms with E-state index in [-0.39, 0.29) is 5.91 Å². The fourth-order valence-electron chi connectivity index (χ4n) is 2.39. The van der Waals surface area contributed by atoms with Gasteiger partial charge in [-0.2, -0.15) is 0 Å². The second-order valence-corrected chi connectivity index (χ2v) is 6.08. The van der Waals surface area contributed by atoms with Crippen molar-refractivity contribution >= 4 is 17.5 Å². The quantitative estimate of drug-likeness (QED) is 0.759. The number of carbonyl (C=O) groups is 2. The highest BCUT2D eigenvalue weighted by Gasteiger charge is 2.21. The van der Waals surface area contributed by atoms with Gasteiger partial charge in [-0.1, -0.05) is 12.1 Å². The summed E-state index contributed by atoms with van der Waals surface area (Å²) in [6.07, 6.45) is 0. The molecule has 144 valence electrons. The molecule has 2 amide bonds. The number of hydrogen-bond donors (Lipinski definition) is 2. The molecule has 0 spiro atoms. The Balaban J connectivity index is 2.02. The second kappa shape index (κ2) is 8.68. The third-order valence-corrected chi connectivity index (χ3v) is 4.21. The van der Waals surface area contributed by atoms with Gasteiger partial charge >= 0.3 is 0 Å². The normalized spacial score (nSPS) is 12.0. The molecule has 0 saturated carbocycles. The molecule has 0 aliphatic heterocycles. The minimum Gasteiger partial charge on any atom is -0.355 e. The van der Waals surface area contributed by atoms with Crippen LogP contribution in [0.3, 0.4) is 0 Å². The van der Waals surface area contributed by atoms with Gasteiger partial charge in [0.2, 0.25) is 5.91 Å². The second-order valence-electron chi connectivity index (χ2n) is 6.08. The van der Waals surface area contributed by atoms with Crippen molar-refractivity contribution in [3.8, 4) is 0 Å². The van der Waals surface area contributed by atoms with Gasteiger partial charge in [0.1, 0.15) is 0 Å². The number of nitrogens with one attached hydrogen (secondary N) is 2. The van der Waals surface area contributed by atoms with Crippen LogP contribution >= 0.6 is 0 Å². The van der Waals surface area contributed by atoms with Crippen molar-refractivity contribution in [2.75, 3.05) is 19.4 Å². The van der Waals surface area contributed by atoms with Crippen molar-refractivity contribution in [3.63, 3.8) is 0 Å². The first kappa shape index (κ1) is 20.4. The van der Waals surface area contributed by atoms with E-state index in [1.54, 1.807) is 50.2 Å². The SMILES string of the molecule is CNC(=O)c1ccc(CN(C)[C@@H](C)C(=O)Nc2ccc(F)c(F)c2F)cc1. The van der Waals surface area contributed by atoms with Gasteiger partial charge in [0.15, 0.2) is 17.5 Å². The average Bonchev–Trinajstić information content (AvgIpc) is 2.67. The molecule has 2 aromatic carbocycles. The molecule has 27 heavy (non-hydrogen) atoms. The van der Waals surface area contributed by atoms with Crippen molar-refractivity contribution < 1.29 is 22.8 Å². The van der Waals surface area contributed by atoms with Gasteiger partial charge in [-0.25, -0.2) is 13.2 Å². The lowest BCUT2D eigenvalue weighted by Crippen LogP contribution is -2.39. The Bertz CT molecular complexity index is 841. The van der Waals surface area contributed by atoms with Gasteiger partial charge in [0.05, 0.1) is 11.7 Å². The summed E-state index contributed by atoms with van der Waals surface area (Å²) in [4.78, 5) is 25.5. The number of anilines is 1. The zero-order valence-electron chi connectivity index (χ0n) is 15.1. The molecule has 8 heteroatoms. The molecule has 0 radical (unpaired) electrons. The van der Waals surface area contributed by atoms with Gasteiger partial charge in [-0.15, -0.1) is 0 Å². The van der Waals surface area contributed by atoms with Crippen LogP contribution in [0.25, 0.3) is 0 Å². The fraction of sp³-hybridized carbons (Fsp3) is 0.263. The Morgan fingerprint density at radius 2 is 1.67 bits per heavy atom. The Kier molecular flexibility index (Phi) is 6.57. The zero-order valence-corrected chi connectivity index (χ0v) is 15.1. The smallest absolute Gasteiger partial charge is 0.251 e. The van der Waals surface area contributed by atoms with Crippen LogP contribution < -0.4 is 10.6 Å². The first-order chi connectivity index (χ1) is 12.7. The molecule has 0 saturated heterocycles. The highest BCUT2D eigenvalue weighted by Crippen LogP contribution is 2.20. The summed E-state index contributed by atoms with van der Waals surface area (Å²) in [7, 11) is 3.23. The molecular weight excluding hydrogens is 359 g/mol. The van der Waals surface area contributed by atoms with Crippen LogP contribution in [-0.4, -0.2) is 36.9 Å². The minimum absolute atomic E-state index is 0.198. The number of nitrogens with zero attached hydrogens (tertiary/aromatic N) is 1. The van der Waals surface area contributed by atoms with Gasteiger partial charge < -0.3 is 10.6 Å². The van der Waals surface area contributed by atoms with Crippen LogP contribution in [0.4, 0.5) is 18.9 Å². The Labute approximate surface area is 155 Å². The van der Waals surface area contributed by atoms with E-state index in [1.165, 1.54) is 0 Å². The first-order valence-corrected chi connectivity index (χ1v) is 8.20. The van der Waals surface area contributed by atoms with E-state index in [9.17, 15) is 22.8 Å². The molecular formula is C19H20F3N3O2. The molecule has 0 aliphatic carbocycles. The van der Waals surface area contributed by atoms with Crippen LogP contribution in [0, 0.1) is 17.5 Å². The standard InChI is InChI=1S/C19H20F3N3O2/c1-11(18(26)24-15-9-8-14(20)16(21)17(15)22)25(3)10-12-4-6-13(7-5-12)19(27)23-2/h4-9,11H,10H2,1-3H3,(H,23,27)(H,24,26)/t11-/m0/s1. The monoisotopic (exact) mass is 379 g/mol. The first-order valence-electron chi connectivity index (χ1n) is 8.20. The van der Waals surface area contributed by atoms with E-state index in [1.807, 2.05) is 0 Å². The van der Waals surface area contributed by atoms with Crippen LogP contribution in [-0.2, 0) is 11.3 Å². The maximum absolute atomic E-state index is 13.7. The summed E-state index contributed by atoms with van der Waals surface area (Å²) in [6.45, 7) is 1.99. The van der Waals surface area contributed by atoms with E-state index in [0.29, 0.717) is 12.1 Å². The maximum Gasteiger partial charge on any atom is 0.251 e. The topological polar surface area (TPSA) is 61.4 Å². The number of amides is 2. The Morgan fingerprint density at radius 1 is 1.04 bits per heavy atom. The van der Waals surface area contributed by atoms with Crippen molar-refractivity contribution in [2.24, 2.45) is 0 Å². The van der Waals surface area contributed by atoms with Gasteiger partial charge in [0, 0.05) is 19.2 Å². The van der Waals surface area contributed by atoms with E-state index in [4.69, 9.17) is 0 Å². The third kappa shape index (κ3) is 4.85. The molecule has 5 nitrogen and oxygen atoms in total. The summed E-state index contributed by atoms with van der Waals surface area (Å²) in [5.74, 6) is -5.16. The lowest BCUT2D eigenvalue weighted by Gasteiger charge is -2.24. The number of benzene rings is 2. The van der Waals surface area contributed by atoms with Crippen LogP contribution in [0.15, 0.2) is 36.4 Å². The predicted molar refractivity (Wildman–Crippen MR) is 95.7 cm³/mol. The molecule has 0 unspecified atom stereocenters. The van der Waals surface area contributed by atoms with Crippen molar-refractivity contribution in [1.29, 1.82) is 0 Å². The Hall–Kier alpha value is -2.87. The van der Waals surface area contributed by atoms with Crippen molar-refractivity contribution in [3.05, 3.63) is 65.0 Å². The molecule has 0 fully saturated rings. The number of carbonyl (C=O) groups excluding carboxylic acids is 2. The average molecular weight is 379 g/mol. The number of rotatable bonds is 6. The predicted octanol–water partition coefficient (Wildman–Crippen LogP) is 2.92. The zero-order chi connectivity index (χ0) is 20.1. The summed E-state index contributed by atoms with van der Waals surface area (Å²) < 4.78 is 39.9. The molecule has 2 N–H and O–H groups in total. The third-order valence-electron chi connectivity index (χ3n) is 4.21. The van der Waals surface area contributed by atoms with Crippen LogP contribution in [0.5, 0.6) is 0 Å². The van der Waals surface area contributed by atoms with Crippen LogP contribution in [0.2, 0.25) is 0 Å². The molecule has 0 bridgehead atoms. The van der Waals surface area contributed by atoms with Gasteiger partial charge in [-0.3, -0.25) is 14.5 Å². The van der Waals surface area contributed by atoms with Gasteiger partial charge in [-0.05, 0) is 43.8 Å². The molecule has 0 aliphatic rings. The molecule has 0 heterocycles. The maximum atomic E-state index is 13.7. The number of halogens is 3. The van der Waals surface area contributed by atoms with E-state index in [0.717, 1.165) is 17.7 Å². The number of likely N-dealkylation sites (N-methyl/N-ethyl adjacent to an activating group) is 1. The largest absolute Gasteiger partial charge is 0.355 e. The summed E-state index contributed by atoms with van der Waals surface area (Å²) in [5.41, 5.74) is 0.960. The molecule has 2 aromatic rings. The van der Waals surface area contributed by atoms with Crippen LogP contribution in [0.1, 0.15) is 22.8 Å². The minimum atomic E-state index is -1.63. The lowest BCUT2D eigenvalue weighted by atomic mass is 10.1. The van der Waals surface area contributed by atoms with Crippen molar-refractivity contribution in [2.45, 2.75) is 19.5 Å². The molecule has 1 atom stereocenters. The van der Waals surface area contributed by atoms with E-state index < -0.39 is 35.1 Å². The van der Waals surface area contributed by atoms with Crippen molar-refractivity contribution in [1.82, 2.24) is 10.2 Å². The number of hydrogen-bond acceptors (Lipinski definition) is 3. The van der Waals surface area contributed by atoms with Gasteiger partial charge in [0.25, 0.3) is 5.91 Å². The highest BCUT2D eigenvalue weighted by molar-refractivity contribution is 5.95. The Morgan fingerprint density at radius 3 is 2.26 bits per heavy atom. The summed E-state index contributed by atoms with van der Waals surface area (Å²) in [5, 5.41) is 4.79. The lowest BCUT2D eigenvalue weighted by molar-refractivity contribution is -0.120.